The highest BCUT2D eigenvalue weighted by Crippen LogP contribution is 2.27. The fraction of sp³-hybridized carbons (Fsp3) is 0.632. The first kappa shape index (κ1) is 20.9. The molecular formula is C19H31N3O3S. The van der Waals surface area contributed by atoms with Gasteiger partial charge in [-0.05, 0) is 49.9 Å². The Morgan fingerprint density at radius 3 is 2.38 bits per heavy atom. The lowest BCUT2D eigenvalue weighted by Crippen LogP contribution is -2.47. The first-order valence-electron chi connectivity index (χ1n) is 9.30. The van der Waals surface area contributed by atoms with Crippen molar-refractivity contribution in [1.82, 2.24) is 9.80 Å². The molecule has 1 aromatic carbocycles. The van der Waals surface area contributed by atoms with E-state index in [2.05, 4.69) is 11.9 Å². The molecule has 6 nitrogen and oxygen atoms in total. The number of benzene rings is 1. The number of fused-ring (bicyclic) bond motifs is 1. The molecule has 0 spiro atoms. The zero-order valence-corrected chi connectivity index (χ0v) is 16.7. The molecular weight excluding hydrogens is 350 g/mol. The Balaban J connectivity index is 0.000000190. The number of hydrogen-bond donors (Lipinski definition) is 1. The lowest BCUT2D eigenvalue weighted by atomic mass is 9.92. The lowest BCUT2D eigenvalue weighted by molar-refractivity contribution is -0.132. The number of aryl methyl sites for hydroxylation is 1. The van der Waals surface area contributed by atoms with Crippen LogP contribution in [0.1, 0.15) is 30.4 Å². The first-order chi connectivity index (χ1) is 12.3. The highest BCUT2D eigenvalue weighted by molar-refractivity contribution is 7.90. The van der Waals surface area contributed by atoms with Crippen molar-refractivity contribution in [2.45, 2.75) is 37.0 Å². The molecule has 3 rings (SSSR count). The third kappa shape index (κ3) is 5.79. The average Bonchev–Trinajstić information content (AvgIpc) is 2.62. The maximum Gasteiger partial charge on any atom is 0.223 e. The van der Waals surface area contributed by atoms with Crippen LogP contribution in [-0.4, -0.2) is 70.2 Å². The summed E-state index contributed by atoms with van der Waals surface area (Å²) in [6, 6.07) is 5.61. The summed E-state index contributed by atoms with van der Waals surface area (Å²) >= 11 is 0. The van der Waals surface area contributed by atoms with Crippen LogP contribution in [0, 0.1) is 0 Å². The van der Waals surface area contributed by atoms with Gasteiger partial charge in [0.05, 0.1) is 4.90 Å². The lowest BCUT2D eigenvalue weighted by Gasteiger charge is -2.32. The second kappa shape index (κ2) is 9.48. The number of piperazine rings is 1. The van der Waals surface area contributed by atoms with Crippen LogP contribution in [0.5, 0.6) is 0 Å². The van der Waals surface area contributed by atoms with Gasteiger partial charge in [0, 0.05) is 45.4 Å². The van der Waals surface area contributed by atoms with Crippen LogP contribution in [0.3, 0.4) is 0 Å². The summed E-state index contributed by atoms with van der Waals surface area (Å²) < 4.78 is 23.0. The van der Waals surface area contributed by atoms with Crippen LogP contribution >= 0.6 is 0 Å². The smallest absolute Gasteiger partial charge is 0.223 e. The van der Waals surface area contributed by atoms with E-state index in [1.165, 1.54) is 18.2 Å². The minimum absolute atomic E-state index is 0.200. The van der Waals surface area contributed by atoms with Gasteiger partial charge in [0.15, 0.2) is 9.84 Å². The Bertz CT molecular complexity index is 711. The van der Waals surface area contributed by atoms with E-state index in [1.54, 1.807) is 6.07 Å². The zero-order chi connectivity index (χ0) is 19.2. The quantitative estimate of drug-likeness (QED) is 0.847. The molecule has 1 aromatic rings. The molecule has 7 heteroatoms. The van der Waals surface area contributed by atoms with Gasteiger partial charge in [0.1, 0.15) is 0 Å². The summed E-state index contributed by atoms with van der Waals surface area (Å²) in [4.78, 5) is 16.0. The predicted octanol–water partition coefficient (Wildman–Crippen LogP) is 1.08. The number of rotatable bonds is 3. The van der Waals surface area contributed by atoms with Crippen molar-refractivity contribution in [3.8, 4) is 0 Å². The second-order valence-corrected chi connectivity index (χ2v) is 9.08. The third-order valence-corrected chi connectivity index (χ3v) is 6.15. The standard InChI is InChI=1S/C11H14O2S.C8H17N3O/c1-14(12,13)11-8-4-6-9-5-2-3-7-10(9)11;1-10-4-6-11(7-5-10)8(12)2-3-9/h4,6,8H,2-3,5,7H2,1H3;2-7,9H2,1H3. The molecule has 2 aliphatic rings. The molecule has 1 aliphatic carbocycles. The topological polar surface area (TPSA) is 83.7 Å². The number of carbonyl (C=O) groups excluding carboxylic acids is 1. The Labute approximate surface area is 157 Å². The fourth-order valence-corrected chi connectivity index (χ4v) is 4.44. The molecule has 0 saturated carbocycles. The maximum atomic E-state index is 11.5. The first-order valence-corrected chi connectivity index (χ1v) is 11.2. The highest BCUT2D eigenvalue weighted by Gasteiger charge is 2.18. The van der Waals surface area contributed by atoms with E-state index in [0.717, 1.165) is 51.0 Å². The monoisotopic (exact) mass is 381 g/mol. The molecule has 146 valence electrons. The minimum Gasteiger partial charge on any atom is -0.340 e. The molecule has 1 aliphatic heterocycles. The molecule has 0 unspecified atom stereocenters. The van der Waals surface area contributed by atoms with E-state index in [1.807, 2.05) is 17.0 Å². The largest absolute Gasteiger partial charge is 0.340 e. The highest BCUT2D eigenvalue weighted by atomic mass is 32.2. The summed E-state index contributed by atoms with van der Waals surface area (Å²) in [5.41, 5.74) is 7.58. The van der Waals surface area contributed by atoms with Crippen LogP contribution < -0.4 is 5.73 Å². The molecule has 2 N–H and O–H groups in total. The SMILES string of the molecule is CN1CCN(C(=O)CCN)CC1.CS(=O)(=O)c1cccc2c1CCCC2. The molecule has 1 fully saturated rings. The van der Waals surface area contributed by atoms with Crippen molar-refractivity contribution in [2.75, 3.05) is 46.0 Å². The molecule has 0 atom stereocenters. The van der Waals surface area contributed by atoms with Gasteiger partial charge >= 0.3 is 0 Å². The molecule has 1 saturated heterocycles. The Hall–Kier alpha value is -1.44. The summed E-state index contributed by atoms with van der Waals surface area (Å²) in [5, 5.41) is 0. The van der Waals surface area contributed by atoms with Crippen molar-refractivity contribution in [1.29, 1.82) is 0 Å². The maximum absolute atomic E-state index is 11.5. The van der Waals surface area contributed by atoms with Crippen molar-refractivity contribution in [3.05, 3.63) is 29.3 Å². The van der Waals surface area contributed by atoms with E-state index >= 15 is 0 Å². The number of hydrogen-bond acceptors (Lipinski definition) is 5. The molecule has 26 heavy (non-hydrogen) atoms. The van der Waals surface area contributed by atoms with Gasteiger partial charge in [0.2, 0.25) is 5.91 Å². The van der Waals surface area contributed by atoms with Gasteiger partial charge in [-0.3, -0.25) is 4.79 Å². The Morgan fingerprint density at radius 2 is 1.77 bits per heavy atom. The number of nitrogens with two attached hydrogens (primary N) is 1. The Kier molecular flexibility index (Phi) is 7.61. The molecule has 0 bridgehead atoms. The van der Waals surface area contributed by atoms with Gasteiger partial charge in [-0.2, -0.15) is 0 Å². The van der Waals surface area contributed by atoms with Crippen LogP contribution in [-0.2, 0) is 27.5 Å². The average molecular weight is 382 g/mol. The van der Waals surface area contributed by atoms with Crippen LogP contribution in [0.2, 0.25) is 0 Å². The molecule has 1 amide bonds. The van der Waals surface area contributed by atoms with Crippen molar-refractivity contribution in [3.63, 3.8) is 0 Å². The van der Waals surface area contributed by atoms with Gasteiger partial charge in [-0.25, -0.2) is 8.42 Å². The van der Waals surface area contributed by atoms with Gasteiger partial charge in [-0.15, -0.1) is 0 Å². The van der Waals surface area contributed by atoms with Crippen molar-refractivity contribution >= 4 is 15.7 Å². The molecule has 1 heterocycles. The number of nitrogens with zero attached hydrogens (tertiary/aromatic N) is 2. The van der Waals surface area contributed by atoms with E-state index in [-0.39, 0.29) is 5.91 Å². The van der Waals surface area contributed by atoms with Gasteiger partial charge < -0.3 is 15.5 Å². The zero-order valence-electron chi connectivity index (χ0n) is 15.9. The normalized spacial score (nSPS) is 17.9. The third-order valence-electron chi connectivity index (χ3n) is 4.97. The number of carbonyl (C=O) groups is 1. The van der Waals surface area contributed by atoms with Crippen molar-refractivity contribution < 1.29 is 13.2 Å². The fourth-order valence-electron chi connectivity index (χ4n) is 3.43. The van der Waals surface area contributed by atoms with Crippen LogP contribution in [0.15, 0.2) is 23.1 Å². The Morgan fingerprint density at radius 1 is 1.12 bits per heavy atom. The predicted molar refractivity (Wildman–Crippen MR) is 104 cm³/mol. The van der Waals surface area contributed by atoms with Crippen LogP contribution in [0.4, 0.5) is 0 Å². The summed E-state index contributed by atoms with van der Waals surface area (Å²) in [6.45, 7) is 4.14. The van der Waals surface area contributed by atoms with E-state index < -0.39 is 9.84 Å². The van der Waals surface area contributed by atoms with Gasteiger partial charge in [0.25, 0.3) is 0 Å². The molecule has 0 radical (unpaired) electrons. The van der Waals surface area contributed by atoms with E-state index in [0.29, 0.717) is 17.9 Å². The van der Waals surface area contributed by atoms with E-state index in [9.17, 15) is 13.2 Å². The minimum atomic E-state index is -3.04. The van der Waals surface area contributed by atoms with E-state index in [4.69, 9.17) is 5.73 Å². The number of sulfone groups is 1. The summed E-state index contributed by atoms with van der Waals surface area (Å²) in [7, 11) is -0.970. The van der Waals surface area contributed by atoms with Gasteiger partial charge in [-0.1, -0.05) is 12.1 Å². The number of likely N-dealkylation sites (N-methyl/N-ethyl adjacent to an activating group) is 1. The second-order valence-electron chi connectivity index (χ2n) is 7.10. The summed E-state index contributed by atoms with van der Waals surface area (Å²) in [6.07, 6.45) is 6.01. The van der Waals surface area contributed by atoms with Crippen molar-refractivity contribution in [2.24, 2.45) is 5.73 Å². The number of amides is 1. The molecule has 0 aromatic heterocycles. The summed E-state index contributed by atoms with van der Waals surface area (Å²) in [5.74, 6) is 0.200. The van der Waals surface area contributed by atoms with Crippen LogP contribution in [0.25, 0.3) is 0 Å².